The van der Waals surface area contributed by atoms with Crippen molar-refractivity contribution in [3.63, 3.8) is 0 Å². The summed E-state index contributed by atoms with van der Waals surface area (Å²) in [6, 6.07) is 0. The second-order valence-corrected chi connectivity index (χ2v) is 8.77. The molecule has 122 valence electrons. The van der Waals surface area contributed by atoms with Crippen molar-refractivity contribution in [2.75, 3.05) is 0 Å². The van der Waals surface area contributed by atoms with Gasteiger partial charge >= 0.3 is 0 Å². The molecule has 4 aliphatic carbocycles. The Morgan fingerprint density at radius 1 is 1.14 bits per heavy atom. The van der Waals surface area contributed by atoms with Crippen molar-refractivity contribution in [3.8, 4) is 0 Å². The van der Waals surface area contributed by atoms with Crippen LogP contribution in [0.2, 0.25) is 0 Å². The van der Waals surface area contributed by atoms with Gasteiger partial charge in [0.2, 0.25) is 0 Å². The van der Waals surface area contributed by atoms with E-state index in [1.165, 1.54) is 37.7 Å². The Bertz CT molecular complexity index is 506. The Hall–Kier alpha value is -0.630. The van der Waals surface area contributed by atoms with Crippen molar-refractivity contribution in [2.24, 2.45) is 35.0 Å². The first-order chi connectivity index (χ1) is 10.5. The van der Waals surface area contributed by atoms with Gasteiger partial charge in [0, 0.05) is 6.42 Å². The van der Waals surface area contributed by atoms with E-state index in [0.29, 0.717) is 23.0 Å². The number of hydrogen-bond acceptors (Lipinski definition) is 2. The van der Waals surface area contributed by atoms with Crippen LogP contribution in [-0.2, 0) is 4.79 Å². The summed E-state index contributed by atoms with van der Waals surface area (Å²) in [5.41, 5.74) is 1.84. The van der Waals surface area contributed by atoms with Crippen molar-refractivity contribution in [1.82, 2.24) is 0 Å². The normalized spacial score (nSPS) is 49.0. The van der Waals surface area contributed by atoms with E-state index in [0.717, 1.165) is 37.0 Å². The number of aliphatic hydroxyl groups is 1. The Balaban J connectivity index is 1.61. The summed E-state index contributed by atoms with van der Waals surface area (Å²) >= 11 is 0. The van der Waals surface area contributed by atoms with Crippen LogP contribution in [0.4, 0.5) is 0 Å². The van der Waals surface area contributed by atoms with Crippen LogP contribution in [0, 0.1) is 35.0 Å². The predicted octanol–water partition coefficient (Wildman–Crippen LogP) is 4.13. The molecule has 7 atom stereocenters. The molecule has 22 heavy (non-hydrogen) atoms. The molecule has 0 heterocycles. The Morgan fingerprint density at radius 2 is 1.95 bits per heavy atom. The fourth-order valence-electron chi connectivity index (χ4n) is 7.01. The summed E-state index contributed by atoms with van der Waals surface area (Å²) in [5.74, 6) is 4.04. The van der Waals surface area contributed by atoms with Crippen molar-refractivity contribution < 1.29 is 9.90 Å². The molecule has 0 spiro atoms. The minimum Gasteiger partial charge on any atom is -0.393 e. The zero-order chi connectivity index (χ0) is 15.5. The molecular formula is C20H30O2. The van der Waals surface area contributed by atoms with Gasteiger partial charge in [0.1, 0.15) is 0 Å². The molecule has 4 aliphatic rings. The molecule has 0 radical (unpaired) electrons. The summed E-state index contributed by atoms with van der Waals surface area (Å²) in [6.45, 7) is 4.47. The monoisotopic (exact) mass is 302 g/mol. The van der Waals surface area contributed by atoms with Gasteiger partial charge in [0.05, 0.1) is 6.10 Å². The first-order valence-electron chi connectivity index (χ1n) is 9.42. The summed E-state index contributed by atoms with van der Waals surface area (Å²) in [4.78, 5) is 11.7. The van der Waals surface area contributed by atoms with E-state index in [1.807, 2.05) is 13.0 Å². The average molecular weight is 302 g/mol. The Labute approximate surface area is 134 Å². The molecule has 1 N–H and O–H groups in total. The number of rotatable bonds is 1. The molecule has 2 heteroatoms. The number of aliphatic hydroxyl groups excluding tert-OH is 1. The van der Waals surface area contributed by atoms with Gasteiger partial charge in [-0.25, -0.2) is 0 Å². The number of ketones is 1. The molecule has 0 amide bonds. The molecule has 1 unspecified atom stereocenters. The van der Waals surface area contributed by atoms with Crippen LogP contribution in [-0.4, -0.2) is 17.0 Å². The Kier molecular flexibility index (Phi) is 3.52. The lowest BCUT2D eigenvalue weighted by atomic mass is 9.51. The summed E-state index contributed by atoms with van der Waals surface area (Å²) in [7, 11) is 0. The van der Waals surface area contributed by atoms with Crippen molar-refractivity contribution >= 4 is 5.78 Å². The van der Waals surface area contributed by atoms with E-state index in [1.54, 1.807) is 0 Å². The van der Waals surface area contributed by atoms with Crippen LogP contribution < -0.4 is 0 Å². The first kappa shape index (κ1) is 14.9. The summed E-state index contributed by atoms with van der Waals surface area (Å²) in [6.07, 6.45) is 11.3. The van der Waals surface area contributed by atoms with Gasteiger partial charge in [-0.05, 0) is 93.0 Å². The van der Waals surface area contributed by atoms with Crippen LogP contribution in [0.1, 0.15) is 65.2 Å². The molecule has 3 saturated carbocycles. The highest BCUT2D eigenvalue weighted by Crippen LogP contribution is 2.64. The Morgan fingerprint density at radius 3 is 2.73 bits per heavy atom. The van der Waals surface area contributed by atoms with Crippen LogP contribution >= 0.6 is 0 Å². The van der Waals surface area contributed by atoms with Gasteiger partial charge in [0.25, 0.3) is 0 Å². The molecule has 3 fully saturated rings. The number of carbonyl (C=O) groups is 1. The smallest absolute Gasteiger partial charge is 0.155 e. The number of fused-ring (bicyclic) bond motifs is 5. The van der Waals surface area contributed by atoms with Crippen LogP contribution in [0.25, 0.3) is 0 Å². The SMILES string of the molecule is CC(O)[C@H]1CC[C@H]2[C@@H]3CCC4=CC(=O)CC[C@@H]4[C@H]3CC[C@]12C. The lowest BCUT2D eigenvalue weighted by Gasteiger charge is -2.54. The minimum atomic E-state index is -0.155. The van der Waals surface area contributed by atoms with E-state index in [2.05, 4.69) is 6.92 Å². The standard InChI is InChI=1S/C20H30O2/c1-12(21)18-7-8-19-17-5-3-13-11-14(22)4-6-15(13)16(17)9-10-20(18,19)2/h11-12,15-19,21H,3-10H2,1-2H3/t12?,15-,16+,17+,18+,19-,20+/m0/s1. The van der Waals surface area contributed by atoms with Crippen LogP contribution in [0.3, 0.4) is 0 Å². The third-order valence-electron chi connectivity index (χ3n) is 7.96. The summed E-state index contributed by atoms with van der Waals surface area (Å²) in [5, 5.41) is 10.2. The van der Waals surface area contributed by atoms with E-state index >= 15 is 0 Å². The maximum absolute atomic E-state index is 11.7. The molecule has 0 bridgehead atoms. The van der Waals surface area contributed by atoms with Gasteiger partial charge < -0.3 is 5.11 Å². The van der Waals surface area contributed by atoms with Crippen LogP contribution in [0.5, 0.6) is 0 Å². The topological polar surface area (TPSA) is 37.3 Å². The molecule has 0 aromatic carbocycles. The zero-order valence-electron chi connectivity index (χ0n) is 14.1. The van der Waals surface area contributed by atoms with Gasteiger partial charge in [0.15, 0.2) is 5.78 Å². The quantitative estimate of drug-likeness (QED) is 0.791. The van der Waals surface area contributed by atoms with Gasteiger partial charge in [-0.1, -0.05) is 12.5 Å². The second-order valence-electron chi connectivity index (χ2n) is 8.77. The van der Waals surface area contributed by atoms with E-state index in [9.17, 15) is 9.90 Å². The first-order valence-corrected chi connectivity index (χ1v) is 9.42. The third-order valence-corrected chi connectivity index (χ3v) is 7.96. The largest absolute Gasteiger partial charge is 0.393 e. The highest BCUT2D eigenvalue weighted by molar-refractivity contribution is 5.91. The fourth-order valence-corrected chi connectivity index (χ4v) is 7.01. The number of carbonyl (C=O) groups excluding carboxylic acids is 1. The van der Waals surface area contributed by atoms with Gasteiger partial charge in [-0.2, -0.15) is 0 Å². The van der Waals surface area contributed by atoms with E-state index in [4.69, 9.17) is 0 Å². The molecule has 2 nitrogen and oxygen atoms in total. The van der Waals surface area contributed by atoms with Crippen molar-refractivity contribution in [3.05, 3.63) is 11.6 Å². The van der Waals surface area contributed by atoms with Gasteiger partial charge in [-0.15, -0.1) is 0 Å². The van der Waals surface area contributed by atoms with Crippen LogP contribution in [0.15, 0.2) is 11.6 Å². The van der Waals surface area contributed by atoms with Gasteiger partial charge in [-0.3, -0.25) is 4.79 Å². The predicted molar refractivity (Wildman–Crippen MR) is 87.3 cm³/mol. The molecular weight excluding hydrogens is 272 g/mol. The fraction of sp³-hybridized carbons (Fsp3) is 0.850. The molecule has 0 saturated heterocycles. The van der Waals surface area contributed by atoms with E-state index in [-0.39, 0.29) is 6.10 Å². The number of allylic oxidation sites excluding steroid dienone is 1. The highest BCUT2D eigenvalue weighted by Gasteiger charge is 2.56. The van der Waals surface area contributed by atoms with Crippen molar-refractivity contribution in [2.45, 2.75) is 71.3 Å². The lowest BCUT2D eigenvalue weighted by Crippen LogP contribution is -2.47. The average Bonchev–Trinajstić information content (AvgIpc) is 2.84. The maximum atomic E-state index is 11.7. The molecule has 0 aliphatic heterocycles. The molecule has 0 aromatic heterocycles. The zero-order valence-corrected chi connectivity index (χ0v) is 14.1. The lowest BCUT2D eigenvalue weighted by molar-refractivity contribution is -0.116. The third kappa shape index (κ3) is 2.06. The molecule has 4 rings (SSSR count). The molecule has 0 aromatic rings. The summed E-state index contributed by atoms with van der Waals surface area (Å²) < 4.78 is 0. The maximum Gasteiger partial charge on any atom is 0.155 e. The van der Waals surface area contributed by atoms with Crippen molar-refractivity contribution in [1.29, 1.82) is 0 Å². The van der Waals surface area contributed by atoms with E-state index < -0.39 is 0 Å². The second kappa shape index (κ2) is 5.19. The number of hydrogen-bond donors (Lipinski definition) is 1. The highest BCUT2D eigenvalue weighted by atomic mass is 16.3. The minimum absolute atomic E-state index is 0.155.